The highest BCUT2D eigenvalue weighted by molar-refractivity contribution is 5.48. The molecule has 2 atom stereocenters. The molecular formula is C38H42O8. The van der Waals surface area contributed by atoms with Gasteiger partial charge >= 0.3 is 0 Å². The largest absolute Gasteiger partial charge is 0.491 e. The molecule has 0 amide bonds. The zero-order chi connectivity index (χ0) is 31.6. The van der Waals surface area contributed by atoms with Crippen molar-refractivity contribution in [1.82, 2.24) is 0 Å². The van der Waals surface area contributed by atoms with Gasteiger partial charge in [-0.25, -0.2) is 0 Å². The Bertz CT molecular complexity index is 1350. The normalized spacial score (nSPS) is 17.4. The van der Waals surface area contributed by atoms with Gasteiger partial charge in [0, 0.05) is 25.0 Å². The van der Waals surface area contributed by atoms with Crippen molar-refractivity contribution in [3.8, 4) is 23.0 Å². The molecule has 0 N–H and O–H groups in total. The van der Waals surface area contributed by atoms with Crippen LogP contribution in [0.25, 0.3) is 0 Å². The van der Waals surface area contributed by atoms with Crippen molar-refractivity contribution in [2.75, 3.05) is 53.2 Å². The second-order valence-corrected chi connectivity index (χ2v) is 11.3. The zero-order valence-corrected chi connectivity index (χ0v) is 26.5. The van der Waals surface area contributed by atoms with Gasteiger partial charge in [-0.05, 0) is 84.6 Å². The van der Waals surface area contributed by atoms with E-state index in [-0.39, 0.29) is 37.6 Å². The van der Waals surface area contributed by atoms with Crippen LogP contribution in [0.15, 0.2) is 97.1 Å². The van der Waals surface area contributed by atoms with Crippen LogP contribution in [0.5, 0.6) is 23.0 Å². The topological polar surface area (TPSA) is 80.4 Å². The first-order valence-electron chi connectivity index (χ1n) is 16.0. The van der Waals surface area contributed by atoms with Crippen LogP contribution in [0, 0.1) is 0 Å². The highest BCUT2D eigenvalue weighted by Crippen LogP contribution is 2.44. The molecule has 242 valence electrons. The lowest BCUT2D eigenvalue weighted by atomic mass is 9.73. The van der Waals surface area contributed by atoms with Crippen molar-refractivity contribution in [3.63, 3.8) is 0 Å². The molecule has 8 nitrogen and oxygen atoms in total. The molecule has 2 aliphatic heterocycles. The number of hydrogen-bond donors (Lipinski definition) is 0. The van der Waals surface area contributed by atoms with Crippen molar-refractivity contribution in [1.29, 1.82) is 0 Å². The van der Waals surface area contributed by atoms with Gasteiger partial charge in [-0.1, -0.05) is 48.5 Å². The molecule has 0 aliphatic carbocycles. The first-order chi connectivity index (χ1) is 22.7. The van der Waals surface area contributed by atoms with E-state index in [1.807, 2.05) is 62.4 Å². The van der Waals surface area contributed by atoms with Gasteiger partial charge in [0.25, 0.3) is 0 Å². The maximum atomic E-state index is 5.97. The maximum Gasteiger partial charge on any atom is 0.189 e. The first kappa shape index (κ1) is 31.9. The molecule has 4 aromatic carbocycles. The van der Waals surface area contributed by atoms with E-state index < -0.39 is 0 Å². The minimum Gasteiger partial charge on any atom is -0.491 e. The predicted molar refractivity (Wildman–Crippen MR) is 174 cm³/mol. The lowest BCUT2D eigenvalue weighted by Gasteiger charge is -2.30. The quantitative estimate of drug-likeness (QED) is 0.0629. The van der Waals surface area contributed by atoms with Crippen LogP contribution in [0.4, 0.5) is 0 Å². The molecule has 0 saturated carbocycles. The molecule has 46 heavy (non-hydrogen) atoms. The number of ether oxygens (including phenoxy) is 8. The molecule has 8 heteroatoms. The minimum absolute atomic E-state index is 0.0352. The van der Waals surface area contributed by atoms with E-state index in [9.17, 15) is 0 Å². The van der Waals surface area contributed by atoms with Crippen molar-refractivity contribution in [2.45, 2.75) is 37.9 Å². The summed E-state index contributed by atoms with van der Waals surface area (Å²) in [6, 6.07) is 33.4. The molecular weight excluding hydrogens is 584 g/mol. The van der Waals surface area contributed by atoms with Crippen LogP contribution in [-0.2, 0) is 18.9 Å². The predicted octanol–water partition coefficient (Wildman–Crippen LogP) is 6.95. The monoisotopic (exact) mass is 626 g/mol. The van der Waals surface area contributed by atoms with E-state index in [4.69, 9.17) is 37.9 Å². The van der Waals surface area contributed by atoms with Crippen LogP contribution in [0.3, 0.4) is 0 Å². The Hall–Kier alpha value is -4.08. The van der Waals surface area contributed by atoms with E-state index in [0.29, 0.717) is 26.4 Å². The van der Waals surface area contributed by atoms with Gasteiger partial charge in [0.05, 0.1) is 13.2 Å². The van der Waals surface area contributed by atoms with Crippen LogP contribution in [0.1, 0.15) is 47.9 Å². The summed E-state index contributed by atoms with van der Waals surface area (Å²) in [5, 5.41) is 0. The summed E-state index contributed by atoms with van der Waals surface area (Å²) in [6.45, 7) is 8.19. The molecule has 6 rings (SSSR count). The SMILES string of the molecule is CCOCOc1ccc(C(c2ccc(OCOCC)cc2)C(c2ccc(OCC3CO3)cc2)c2ccc(OCC3CO3)cc2)cc1. The van der Waals surface area contributed by atoms with Crippen molar-refractivity contribution < 1.29 is 37.9 Å². The van der Waals surface area contributed by atoms with E-state index in [1.54, 1.807) is 0 Å². The van der Waals surface area contributed by atoms with Gasteiger partial charge in [0.2, 0.25) is 0 Å². The Labute approximate surface area is 271 Å². The van der Waals surface area contributed by atoms with Gasteiger partial charge in [-0.3, -0.25) is 0 Å². The van der Waals surface area contributed by atoms with E-state index in [2.05, 4.69) is 48.5 Å². The van der Waals surface area contributed by atoms with Gasteiger partial charge < -0.3 is 37.9 Å². The Morgan fingerprint density at radius 1 is 0.478 bits per heavy atom. The average molecular weight is 627 g/mol. The third-order valence-electron chi connectivity index (χ3n) is 7.99. The molecule has 4 aromatic rings. The standard InChI is InChI=1S/C38H42O8/c1-3-39-25-45-33-17-9-29(10-18-33)38(30-11-19-34(20-12-30)46-26-40-4-2)37(27-5-13-31(14-6-27)41-21-35-23-43-35)28-7-15-32(16-8-28)42-22-36-24-44-36/h5-20,35-38H,3-4,21-26H2,1-2H3. The Morgan fingerprint density at radius 2 is 0.761 bits per heavy atom. The maximum absolute atomic E-state index is 5.97. The Morgan fingerprint density at radius 3 is 1.02 bits per heavy atom. The molecule has 2 unspecified atom stereocenters. The second kappa shape index (κ2) is 16.0. The van der Waals surface area contributed by atoms with Crippen LogP contribution >= 0.6 is 0 Å². The smallest absolute Gasteiger partial charge is 0.189 e. The average Bonchev–Trinajstić information content (AvgIpc) is 4.04. The van der Waals surface area contributed by atoms with E-state index >= 15 is 0 Å². The number of epoxide rings is 2. The van der Waals surface area contributed by atoms with Gasteiger partial charge in [0.15, 0.2) is 13.6 Å². The fraction of sp³-hybridized carbons (Fsp3) is 0.368. The van der Waals surface area contributed by atoms with E-state index in [0.717, 1.165) is 58.5 Å². The number of hydrogen-bond acceptors (Lipinski definition) is 8. The highest BCUT2D eigenvalue weighted by Gasteiger charge is 2.29. The fourth-order valence-corrected chi connectivity index (χ4v) is 5.33. The number of benzene rings is 4. The van der Waals surface area contributed by atoms with Crippen molar-refractivity contribution in [2.24, 2.45) is 0 Å². The van der Waals surface area contributed by atoms with Crippen molar-refractivity contribution in [3.05, 3.63) is 119 Å². The zero-order valence-electron chi connectivity index (χ0n) is 26.5. The van der Waals surface area contributed by atoms with Crippen LogP contribution < -0.4 is 18.9 Å². The molecule has 2 saturated heterocycles. The third-order valence-corrected chi connectivity index (χ3v) is 7.99. The Kier molecular flexibility index (Phi) is 11.1. The minimum atomic E-state index is -0.0415. The molecule has 2 fully saturated rings. The van der Waals surface area contributed by atoms with Gasteiger partial charge in [0.1, 0.15) is 48.4 Å². The highest BCUT2D eigenvalue weighted by atomic mass is 16.7. The summed E-state index contributed by atoms with van der Waals surface area (Å²) in [7, 11) is 0. The summed E-state index contributed by atoms with van der Waals surface area (Å²) < 4.78 is 45.0. The molecule has 2 aliphatic rings. The third kappa shape index (κ3) is 9.01. The Balaban J connectivity index is 1.35. The summed E-state index contributed by atoms with van der Waals surface area (Å²) in [5.41, 5.74) is 4.62. The molecule has 0 spiro atoms. The van der Waals surface area contributed by atoms with Gasteiger partial charge in [-0.2, -0.15) is 0 Å². The fourth-order valence-electron chi connectivity index (χ4n) is 5.33. The van der Waals surface area contributed by atoms with E-state index in [1.165, 1.54) is 0 Å². The van der Waals surface area contributed by atoms with Gasteiger partial charge in [-0.15, -0.1) is 0 Å². The summed E-state index contributed by atoms with van der Waals surface area (Å²) in [5.74, 6) is 3.09. The van der Waals surface area contributed by atoms with Crippen LogP contribution in [-0.4, -0.2) is 65.4 Å². The molecule has 2 heterocycles. The number of rotatable bonds is 19. The lowest BCUT2D eigenvalue weighted by molar-refractivity contribution is 0.0222. The van der Waals surface area contributed by atoms with Crippen LogP contribution in [0.2, 0.25) is 0 Å². The summed E-state index contributed by atoms with van der Waals surface area (Å²) >= 11 is 0. The second-order valence-electron chi connectivity index (χ2n) is 11.3. The molecule has 0 radical (unpaired) electrons. The molecule has 0 aromatic heterocycles. The summed E-state index contributed by atoms with van der Waals surface area (Å²) in [4.78, 5) is 0. The van der Waals surface area contributed by atoms with Crippen molar-refractivity contribution >= 4 is 0 Å². The summed E-state index contributed by atoms with van der Waals surface area (Å²) in [6.07, 6.45) is 0.398. The molecule has 0 bridgehead atoms. The first-order valence-corrected chi connectivity index (χ1v) is 16.0. The lowest BCUT2D eigenvalue weighted by Crippen LogP contribution is -2.15.